The SMILES string of the molecule is Cc1ccc(-c2noc(C(C)N3CCN(C(=O)CCn4cnc5c(C)cccc5c4=O)CC3)n2)cc1. The molecule has 0 aliphatic carbocycles. The first-order chi connectivity index (χ1) is 17.4. The van der Waals surface area contributed by atoms with E-state index in [-0.39, 0.29) is 23.9 Å². The highest BCUT2D eigenvalue weighted by Crippen LogP contribution is 2.24. The molecule has 0 saturated carbocycles. The summed E-state index contributed by atoms with van der Waals surface area (Å²) in [6.07, 6.45) is 1.80. The van der Waals surface area contributed by atoms with Gasteiger partial charge in [-0.15, -0.1) is 0 Å². The summed E-state index contributed by atoms with van der Waals surface area (Å²) in [6.45, 7) is 9.00. The predicted octanol–water partition coefficient (Wildman–Crippen LogP) is 3.36. The Labute approximate surface area is 209 Å². The van der Waals surface area contributed by atoms with Gasteiger partial charge in [-0.3, -0.25) is 19.1 Å². The number of carbonyl (C=O) groups excluding carboxylic acids is 1. The van der Waals surface area contributed by atoms with Crippen molar-refractivity contribution >= 4 is 16.8 Å². The van der Waals surface area contributed by atoms with Gasteiger partial charge in [0.1, 0.15) is 0 Å². The summed E-state index contributed by atoms with van der Waals surface area (Å²) in [4.78, 5) is 38.8. The van der Waals surface area contributed by atoms with Gasteiger partial charge in [0.15, 0.2) is 0 Å². The molecule has 1 fully saturated rings. The van der Waals surface area contributed by atoms with E-state index in [1.165, 1.54) is 10.1 Å². The molecule has 0 radical (unpaired) electrons. The fraction of sp³-hybridized carbons (Fsp3) is 0.370. The maximum atomic E-state index is 12.9. The van der Waals surface area contributed by atoms with Crippen LogP contribution in [0.25, 0.3) is 22.3 Å². The Kier molecular flexibility index (Phi) is 6.65. The highest BCUT2D eigenvalue weighted by molar-refractivity contribution is 5.80. The zero-order chi connectivity index (χ0) is 25.2. The Hall–Kier alpha value is -3.85. The first-order valence-electron chi connectivity index (χ1n) is 12.3. The van der Waals surface area contributed by atoms with Crippen LogP contribution in [0, 0.1) is 13.8 Å². The average molecular weight is 487 g/mol. The minimum atomic E-state index is -0.111. The van der Waals surface area contributed by atoms with Crippen LogP contribution >= 0.6 is 0 Å². The minimum absolute atomic E-state index is 0.0398. The molecule has 186 valence electrons. The molecule has 1 aliphatic heterocycles. The molecule has 9 nitrogen and oxygen atoms in total. The highest BCUT2D eigenvalue weighted by atomic mass is 16.5. The molecule has 0 spiro atoms. The number of rotatable bonds is 6. The second kappa shape index (κ2) is 10.0. The standard InChI is InChI=1S/C27H30N6O3/c1-18-7-9-21(10-8-18)25-29-26(36-30-25)20(3)31-13-15-32(16-14-31)23(34)11-12-33-17-28-24-19(2)5-4-6-22(24)27(33)35/h4-10,17,20H,11-16H2,1-3H3. The number of fused-ring (bicyclic) bond motifs is 1. The number of piperazine rings is 1. The number of nitrogens with zero attached hydrogens (tertiary/aromatic N) is 6. The lowest BCUT2D eigenvalue weighted by Gasteiger charge is -2.36. The van der Waals surface area contributed by atoms with Gasteiger partial charge in [0, 0.05) is 44.7 Å². The van der Waals surface area contributed by atoms with Crippen LogP contribution in [-0.2, 0) is 11.3 Å². The molecular formula is C27H30N6O3. The summed E-state index contributed by atoms with van der Waals surface area (Å²) in [5.74, 6) is 1.20. The first-order valence-corrected chi connectivity index (χ1v) is 12.3. The fourth-order valence-corrected chi connectivity index (χ4v) is 4.61. The summed E-state index contributed by atoms with van der Waals surface area (Å²) in [6, 6.07) is 13.6. The monoisotopic (exact) mass is 486 g/mol. The number of para-hydroxylation sites is 1. The largest absolute Gasteiger partial charge is 0.340 e. The number of hydrogen-bond acceptors (Lipinski definition) is 7. The van der Waals surface area contributed by atoms with Gasteiger partial charge in [0.05, 0.1) is 23.3 Å². The lowest BCUT2D eigenvalue weighted by molar-refractivity contribution is -0.133. The van der Waals surface area contributed by atoms with Crippen LogP contribution in [0.1, 0.15) is 36.4 Å². The van der Waals surface area contributed by atoms with Crippen LogP contribution in [-0.4, -0.2) is 61.6 Å². The van der Waals surface area contributed by atoms with Gasteiger partial charge in [-0.25, -0.2) is 4.98 Å². The molecule has 1 unspecified atom stereocenters. The average Bonchev–Trinajstić information content (AvgIpc) is 3.39. The van der Waals surface area contributed by atoms with E-state index in [0.717, 1.165) is 11.1 Å². The van der Waals surface area contributed by atoms with Crippen molar-refractivity contribution < 1.29 is 9.32 Å². The van der Waals surface area contributed by atoms with Crippen LogP contribution in [0.15, 0.2) is 58.1 Å². The van der Waals surface area contributed by atoms with E-state index >= 15 is 0 Å². The van der Waals surface area contributed by atoms with Gasteiger partial charge in [0.2, 0.25) is 17.6 Å². The van der Waals surface area contributed by atoms with Crippen molar-refractivity contribution in [3.05, 3.63) is 76.2 Å². The molecule has 36 heavy (non-hydrogen) atoms. The third-order valence-corrected chi connectivity index (χ3v) is 6.95. The number of aryl methyl sites for hydroxylation is 3. The molecule has 1 amide bonds. The fourth-order valence-electron chi connectivity index (χ4n) is 4.61. The van der Waals surface area contributed by atoms with Gasteiger partial charge in [-0.2, -0.15) is 4.98 Å². The van der Waals surface area contributed by atoms with Gasteiger partial charge in [-0.05, 0) is 32.4 Å². The van der Waals surface area contributed by atoms with Crippen LogP contribution < -0.4 is 5.56 Å². The van der Waals surface area contributed by atoms with E-state index in [2.05, 4.69) is 20.0 Å². The Morgan fingerprint density at radius 1 is 1.06 bits per heavy atom. The van der Waals surface area contributed by atoms with Gasteiger partial charge < -0.3 is 9.42 Å². The predicted molar refractivity (Wildman–Crippen MR) is 136 cm³/mol. The van der Waals surface area contributed by atoms with Crippen molar-refractivity contribution in [1.82, 2.24) is 29.5 Å². The Bertz CT molecular complexity index is 1430. The van der Waals surface area contributed by atoms with Crippen molar-refractivity contribution in [2.24, 2.45) is 0 Å². The van der Waals surface area contributed by atoms with Gasteiger partial charge >= 0.3 is 0 Å². The third kappa shape index (κ3) is 4.79. The van der Waals surface area contributed by atoms with E-state index < -0.39 is 0 Å². The van der Waals surface area contributed by atoms with E-state index in [1.807, 2.05) is 62.1 Å². The lowest BCUT2D eigenvalue weighted by atomic mass is 10.1. The first kappa shape index (κ1) is 23.9. The van der Waals surface area contributed by atoms with E-state index in [1.54, 1.807) is 12.4 Å². The van der Waals surface area contributed by atoms with Crippen LogP contribution in [0.2, 0.25) is 0 Å². The zero-order valence-electron chi connectivity index (χ0n) is 20.8. The van der Waals surface area contributed by atoms with Crippen LogP contribution in [0.5, 0.6) is 0 Å². The summed E-state index contributed by atoms with van der Waals surface area (Å²) >= 11 is 0. The molecule has 1 atom stereocenters. The van der Waals surface area contributed by atoms with Crippen molar-refractivity contribution in [3.63, 3.8) is 0 Å². The number of benzene rings is 2. The summed E-state index contributed by atoms with van der Waals surface area (Å²) in [5.41, 5.74) is 3.67. The summed E-state index contributed by atoms with van der Waals surface area (Å²) < 4.78 is 7.08. The van der Waals surface area contributed by atoms with Gasteiger partial charge in [-0.1, -0.05) is 47.1 Å². The normalized spacial score (nSPS) is 15.4. The third-order valence-electron chi connectivity index (χ3n) is 6.95. The zero-order valence-corrected chi connectivity index (χ0v) is 20.8. The summed E-state index contributed by atoms with van der Waals surface area (Å²) in [7, 11) is 0. The minimum Gasteiger partial charge on any atom is -0.340 e. The molecule has 2 aromatic heterocycles. The van der Waals surface area contributed by atoms with E-state index in [9.17, 15) is 9.59 Å². The van der Waals surface area contributed by atoms with E-state index in [4.69, 9.17) is 4.52 Å². The lowest BCUT2D eigenvalue weighted by Crippen LogP contribution is -2.49. The second-order valence-electron chi connectivity index (χ2n) is 9.38. The Morgan fingerprint density at radius 3 is 2.56 bits per heavy atom. The molecule has 3 heterocycles. The molecule has 1 aliphatic rings. The molecule has 9 heteroatoms. The molecule has 0 bridgehead atoms. The molecule has 4 aromatic rings. The number of hydrogen-bond donors (Lipinski definition) is 0. The number of amides is 1. The second-order valence-corrected chi connectivity index (χ2v) is 9.38. The maximum absolute atomic E-state index is 12.9. The molecule has 2 aromatic carbocycles. The Morgan fingerprint density at radius 2 is 1.81 bits per heavy atom. The quantitative estimate of drug-likeness (QED) is 0.412. The summed E-state index contributed by atoms with van der Waals surface area (Å²) in [5, 5.41) is 4.73. The molecule has 0 N–H and O–H groups in total. The number of aromatic nitrogens is 4. The van der Waals surface area contributed by atoms with Crippen LogP contribution in [0.3, 0.4) is 0 Å². The maximum Gasteiger partial charge on any atom is 0.261 e. The van der Waals surface area contributed by atoms with Crippen molar-refractivity contribution in [2.45, 2.75) is 39.8 Å². The number of carbonyl (C=O) groups is 1. The van der Waals surface area contributed by atoms with Crippen LogP contribution in [0.4, 0.5) is 0 Å². The Balaban J connectivity index is 1.16. The van der Waals surface area contributed by atoms with Crippen molar-refractivity contribution in [1.29, 1.82) is 0 Å². The van der Waals surface area contributed by atoms with Gasteiger partial charge in [0.25, 0.3) is 5.56 Å². The molecular weight excluding hydrogens is 456 g/mol. The van der Waals surface area contributed by atoms with E-state index in [0.29, 0.717) is 55.3 Å². The van der Waals surface area contributed by atoms with Crippen molar-refractivity contribution in [3.8, 4) is 11.4 Å². The topological polar surface area (TPSA) is 97.4 Å². The van der Waals surface area contributed by atoms with Crippen molar-refractivity contribution in [2.75, 3.05) is 26.2 Å². The highest BCUT2D eigenvalue weighted by Gasteiger charge is 2.27. The molecule has 5 rings (SSSR count). The molecule has 1 saturated heterocycles. The smallest absolute Gasteiger partial charge is 0.261 e.